The van der Waals surface area contributed by atoms with Crippen molar-refractivity contribution in [3.8, 4) is 0 Å². The molecule has 36 heavy (non-hydrogen) atoms. The number of hydrogen-bond acceptors (Lipinski definition) is 6. The van der Waals surface area contributed by atoms with E-state index >= 15 is 0 Å². The largest absolute Gasteiger partial charge is 0.465 e. The van der Waals surface area contributed by atoms with E-state index in [4.69, 9.17) is 4.74 Å². The number of allylic oxidation sites excluding steroid dienone is 2. The fourth-order valence-corrected chi connectivity index (χ4v) is 4.83. The lowest BCUT2D eigenvalue weighted by Crippen LogP contribution is -2.23. The van der Waals surface area contributed by atoms with E-state index in [-0.39, 0.29) is 33.1 Å². The summed E-state index contributed by atoms with van der Waals surface area (Å²) in [6.45, 7) is 6.14. The van der Waals surface area contributed by atoms with Gasteiger partial charge in [-0.05, 0) is 41.3 Å². The van der Waals surface area contributed by atoms with Gasteiger partial charge in [-0.3, -0.25) is 4.79 Å². The monoisotopic (exact) mass is 502 g/mol. The third-order valence-electron chi connectivity index (χ3n) is 5.81. The van der Waals surface area contributed by atoms with Crippen molar-refractivity contribution >= 4 is 33.2 Å². The molecule has 1 aliphatic carbocycles. The Labute approximate surface area is 210 Å². The number of benzene rings is 3. The van der Waals surface area contributed by atoms with Crippen LogP contribution < -0.4 is 5.32 Å². The van der Waals surface area contributed by atoms with Crippen LogP contribution in [0.25, 0.3) is 0 Å². The minimum Gasteiger partial charge on any atom is -0.465 e. The molecule has 0 amide bonds. The summed E-state index contributed by atoms with van der Waals surface area (Å²) in [5.74, 6) is -0.923. The van der Waals surface area contributed by atoms with Crippen molar-refractivity contribution in [2.75, 3.05) is 12.4 Å². The van der Waals surface area contributed by atoms with Crippen LogP contribution in [-0.4, -0.2) is 33.0 Å². The predicted molar refractivity (Wildman–Crippen MR) is 139 cm³/mol. The Balaban J connectivity index is 1.79. The Morgan fingerprint density at radius 3 is 2.14 bits per heavy atom. The number of carbonyl (C=O) groups is 2. The molecule has 0 aromatic heterocycles. The van der Waals surface area contributed by atoms with Gasteiger partial charge in [-0.1, -0.05) is 69.3 Å². The van der Waals surface area contributed by atoms with Gasteiger partial charge in [-0.2, -0.15) is 12.8 Å². The third-order valence-corrected chi connectivity index (χ3v) is 7.12. The normalized spacial score (nSPS) is 14.7. The fraction of sp³-hybridized carbons (Fsp3) is 0.179. The van der Waals surface area contributed by atoms with Crippen LogP contribution in [0.4, 0.5) is 5.69 Å². The highest BCUT2D eigenvalue weighted by Gasteiger charge is 2.27. The van der Waals surface area contributed by atoms with Crippen LogP contribution >= 0.6 is 0 Å². The molecule has 1 aliphatic rings. The number of esters is 1. The second-order valence-electron chi connectivity index (χ2n) is 9.32. The Bertz CT molecular complexity index is 1510. The first-order valence-corrected chi connectivity index (χ1v) is 12.7. The van der Waals surface area contributed by atoms with E-state index in [0.29, 0.717) is 16.8 Å². The lowest BCUT2D eigenvalue weighted by atomic mass is 9.87. The zero-order chi connectivity index (χ0) is 26.1. The average molecular weight is 503 g/mol. The first-order chi connectivity index (χ1) is 17.0. The molecule has 0 saturated heterocycles. The number of para-hydroxylation sites is 1. The Kier molecular flexibility index (Phi) is 6.65. The highest BCUT2D eigenvalue weighted by atomic mass is 32.2. The molecular weight excluding hydrogens is 476 g/mol. The maximum atomic E-state index is 13.2. The van der Waals surface area contributed by atoms with Crippen molar-refractivity contribution in [1.82, 2.24) is 0 Å². The maximum Gasteiger partial charge on any atom is 0.339 e. The van der Waals surface area contributed by atoms with Crippen molar-refractivity contribution in [3.63, 3.8) is 0 Å². The van der Waals surface area contributed by atoms with E-state index in [0.717, 1.165) is 5.56 Å². The van der Waals surface area contributed by atoms with Gasteiger partial charge >= 0.3 is 5.97 Å². The van der Waals surface area contributed by atoms with Crippen LogP contribution in [0, 0.1) is 0 Å². The molecule has 0 saturated carbocycles. The summed E-state index contributed by atoms with van der Waals surface area (Å²) in [4.78, 5) is 25.5. The molecule has 8 heteroatoms. The minimum atomic E-state index is -4.07. The molecule has 0 heterocycles. The van der Waals surface area contributed by atoms with Crippen LogP contribution in [0.5, 0.6) is 0 Å². The van der Waals surface area contributed by atoms with Gasteiger partial charge in [0.2, 0.25) is 5.78 Å². The number of methoxy groups -OCH3 is 1. The molecule has 0 fully saturated rings. The van der Waals surface area contributed by atoms with Gasteiger partial charge in [-0.15, -0.1) is 0 Å². The zero-order valence-corrected chi connectivity index (χ0v) is 21.2. The van der Waals surface area contributed by atoms with Crippen molar-refractivity contribution in [2.45, 2.75) is 31.1 Å². The van der Waals surface area contributed by atoms with Crippen LogP contribution in [-0.2, 0) is 20.2 Å². The average Bonchev–Trinajstić information content (AvgIpc) is 2.86. The van der Waals surface area contributed by atoms with Crippen molar-refractivity contribution < 1.29 is 22.7 Å². The van der Waals surface area contributed by atoms with E-state index in [9.17, 15) is 18.0 Å². The highest BCUT2D eigenvalue weighted by Crippen LogP contribution is 2.28. The van der Waals surface area contributed by atoms with Crippen molar-refractivity contribution in [1.29, 1.82) is 0 Å². The first kappa shape index (κ1) is 25.1. The summed E-state index contributed by atoms with van der Waals surface area (Å²) in [5.41, 5.74) is 2.37. The molecule has 4 rings (SSSR count). The van der Waals surface area contributed by atoms with Crippen LogP contribution in [0.2, 0.25) is 0 Å². The van der Waals surface area contributed by atoms with Gasteiger partial charge in [0.05, 0.1) is 34.7 Å². The molecule has 0 atom stereocenters. The summed E-state index contributed by atoms with van der Waals surface area (Å²) >= 11 is 0. The Hall–Kier alpha value is -4.04. The van der Waals surface area contributed by atoms with E-state index in [1.807, 2.05) is 20.8 Å². The van der Waals surface area contributed by atoms with Crippen molar-refractivity contribution in [3.05, 3.63) is 107 Å². The quantitative estimate of drug-likeness (QED) is 0.485. The van der Waals surface area contributed by atoms with E-state index in [2.05, 4.69) is 9.71 Å². The topological polar surface area (TPSA) is 102 Å². The molecule has 184 valence electrons. The molecule has 1 N–H and O–H groups in total. The molecule has 0 bridgehead atoms. The second-order valence-corrected chi connectivity index (χ2v) is 10.9. The number of ether oxygens (including phenoxy) is 1. The van der Waals surface area contributed by atoms with E-state index in [1.54, 1.807) is 60.7 Å². The number of rotatable bonds is 5. The van der Waals surface area contributed by atoms with Gasteiger partial charge in [0.1, 0.15) is 0 Å². The number of carbonyl (C=O) groups excluding carboxylic acids is 2. The summed E-state index contributed by atoms with van der Waals surface area (Å²) < 4.78 is 35.4. The van der Waals surface area contributed by atoms with Gasteiger partial charge in [0.15, 0.2) is 0 Å². The zero-order valence-electron chi connectivity index (χ0n) is 20.4. The molecule has 7 nitrogen and oxygen atoms in total. The van der Waals surface area contributed by atoms with Gasteiger partial charge in [0, 0.05) is 11.1 Å². The van der Waals surface area contributed by atoms with Crippen LogP contribution in [0.15, 0.2) is 93.9 Å². The lowest BCUT2D eigenvalue weighted by molar-refractivity contribution is 0.0601. The number of nitrogens with zero attached hydrogens (tertiary/aromatic N) is 1. The standard InChI is InChI=1S/C28H26N2O5S/c1-28(2,3)18-13-15-19(16-14-18)36(33,34)30-24-17-25(26(31)21-10-6-5-9-20(21)24)29-23-12-8-7-11-22(23)27(32)35-4/h5-17,29H,1-4H3/b30-24+. The molecule has 3 aromatic carbocycles. The molecule has 0 unspecified atom stereocenters. The number of Topliss-reactive ketones (excluding diaryl/α,β-unsaturated/α-hetero) is 1. The molecule has 0 radical (unpaired) electrons. The summed E-state index contributed by atoms with van der Waals surface area (Å²) in [7, 11) is -2.81. The number of nitrogens with one attached hydrogen (secondary N) is 1. The third kappa shape index (κ3) is 4.99. The highest BCUT2D eigenvalue weighted by molar-refractivity contribution is 7.90. The first-order valence-electron chi connectivity index (χ1n) is 11.3. The van der Waals surface area contributed by atoms with E-state index in [1.165, 1.54) is 25.3 Å². The Morgan fingerprint density at radius 2 is 1.50 bits per heavy atom. The van der Waals surface area contributed by atoms with Crippen molar-refractivity contribution in [2.24, 2.45) is 4.40 Å². The second kappa shape index (κ2) is 9.54. The summed E-state index contributed by atoms with van der Waals surface area (Å²) in [6.07, 6.45) is 1.39. The molecule has 0 spiro atoms. The summed E-state index contributed by atoms with van der Waals surface area (Å²) in [6, 6.07) is 19.9. The summed E-state index contributed by atoms with van der Waals surface area (Å²) in [5, 5.41) is 2.97. The Morgan fingerprint density at radius 1 is 0.889 bits per heavy atom. The van der Waals surface area contributed by atoms with Gasteiger partial charge < -0.3 is 10.1 Å². The smallest absolute Gasteiger partial charge is 0.339 e. The van der Waals surface area contributed by atoms with Gasteiger partial charge in [0.25, 0.3) is 10.0 Å². The SMILES string of the molecule is COC(=O)c1ccccc1NC1=C/C(=N\S(=O)(=O)c2ccc(C(C)(C)C)cc2)c2ccccc2C1=O. The number of anilines is 1. The van der Waals surface area contributed by atoms with Gasteiger partial charge in [-0.25, -0.2) is 4.79 Å². The number of sulfonamides is 1. The number of ketones is 1. The number of hydrogen-bond donors (Lipinski definition) is 1. The molecular formula is C28H26N2O5S. The number of fused-ring (bicyclic) bond motifs is 1. The minimum absolute atomic E-state index is 0.0522. The maximum absolute atomic E-state index is 13.2. The molecule has 0 aliphatic heterocycles. The predicted octanol–water partition coefficient (Wildman–Crippen LogP) is 5.14. The van der Waals surface area contributed by atoms with E-state index < -0.39 is 16.0 Å². The van der Waals surface area contributed by atoms with Crippen LogP contribution in [0.3, 0.4) is 0 Å². The lowest BCUT2D eigenvalue weighted by Gasteiger charge is -2.20. The fourth-order valence-electron chi connectivity index (χ4n) is 3.83. The molecule has 3 aromatic rings. The van der Waals surface area contributed by atoms with Crippen LogP contribution in [0.1, 0.15) is 52.6 Å².